The summed E-state index contributed by atoms with van der Waals surface area (Å²) in [4.78, 5) is 28.2. The number of nitrogens with one attached hydrogen (secondary N) is 1. The lowest BCUT2D eigenvalue weighted by molar-refractivity contribution is -0.192. The van der Waals surface area contributed by atoms with E-state index < -0.39 is 30.2 Å². The first kappa shape index (κ1) is 30.4. The van der Waals surface area contributed by atoms with Crippen molar-refractivity contribution in [1.82, 2.24) is 14.5 Å². The molecule has 2 N–H and O–H groups in total. The van der Waals surface area contributed by atoms with Crippen molar-refractivity contribution >= 4 is 28.6 Å². The maximum Gasteiger partial charge on any atom is 0.490 e. The Balaban J connectivity index is 0.000000493. The van der Waals surface area contributed by atoms with E-state index in [1.165, 1.54) is 36.5 Å². The zero-order chi connectivity index (χ0) is 30.1. The number of fused-ring (bicyclic) bond motifs is 2. The second-order valence-electron chi connectivity index (χ2n) is 10.5. The highest BCUT2D eigenvalue weighted by Gasteiger charge is 2.39. The van der Waals surface area contributed by atoms with Crippen LogP contribution in [-0.4, -0.2) is 56.7 Å². The van der Waals surface area contributed by atoms with Crippen LogP contribution in [0.5, 0.6) is 0 Å². The predicted octanol–water partition coefficient (Wildman–Crippen LogP) is 6.47. The molecule has 2 aliphatic rings. The number of carbonyl (C=O) groups is 2. The third-order valence-corrected chi connectivity index (χ3v) is 7.36. The number of carboxylic acid groups (broad SMARTS) is 1. The summed E-state index contributed by atoms with van der Waals surface area (Å²) >= 11 is 0. The lowest BCUT2D eigenvalue weighted by Gasteiger charge is -2.36. The minimum absolute atomic E-state index is 0.159. The summed E-state index contributed by atoms with van der Waals surface area (Å²) in [6.07, 6.45) is -3.78. The van der Waals surface area contributed by atoms with Gasteiger partial charge >= 0.3 is 18.3 Å². The zero-order valence-electron chi connectivity index (χ0n) is 22.4. The van der Waals surface area contributed by atoms with E-state index in [4.69, 9.17) is 9.90 Å². The number of aromatic nitrogens is 2. The normalized spacial score (nSPS) is 16.4. The first-order valence-electron chi connectivity index (χ1n) is 13.2. The number of imidazole rings is 1. The number of anilines is 1. The number of aliphatic carboxylic acids is 1. The van der Waals surface area contributed by atoms with Crippen LogP contribution in [0, 0.1) is 0 Å². The Morgan fingerprint density at radius 1 is 0.976 bits per heavy atom. The lowest BCUT2D eigenvalue weighted by Crippen LogP contribution is -2.41. The van der Waals surface area contributed by atoms with Crippen LogP contribution in [0.4, 0.5) is 32.0 Å². The van der Waals surface area contributed by atoms with Gasteiger partial charge in [-0.3, -0.25) is 9.69 Å². The first-order chi connectivity index (χ1) is 19.1. The summed E-state index contributed by atoms with van der Waals surface area (Å²) in [7, 11) is 0. The fourth-order valence-corrected chi connectivity index (χ4v) is 5.10. The van der Waals surface area contributed by atoms with Crippen LogP contribution in [0.2, 0.25) is 0 Å². The van der Waals surface area contributed by atoms with E-state index >= 15 is 0 Å². The van der Waals surface area contributed by atoms with Gasteiger partial charge in [0.25, 0.3) is 5.91 Å². The Kier molecular flexibility index (Phi) is 8.67. The molecule has 0 bridgehead atoms. The summed E-state index contributed by atoms with van der Waals surface area (Å²) in [6, 6.07) is 10.9. The zero-order valence-corrected chi connectivity index (χ0v) is 22.4. The van der Waals surface area contributed by atoms with Crippen molar-refractivity contribution in [3.05, 3.63) is 58.9 Å². The summed E-state index contributed by atoms with van der Waals surface area (Å²) < 4.78 is 73.4. The minimum atomic E-state index is -5.08. The Hall–Kier alpha value is -3.61. The number of benzene rings is 2. The largest absolute Gasteiger partial charge is 0.490 e. The molecule has 2 aromatic carbocycles. The van der Waals surface area contributed by atoms with Gasteiger partial charge in [0.1, 0.15) is 0 Å². The predicted molar refractivity (Wildman–Crippen MR) is 140 cm³/mol. The van der Waals surface area contributed by atoms with Crippen molar-refractivity contribution in [3.63, 3.8) is 0 Å². The number of alkyl halides is 6. The molecule has 222 valence electrons. The number of hydrogen-bond donors (Lipinski definition) is 2. The molecule has 2 heterocycles. The molecule has 1 fully saturated rings. The van der Waals surface area contributed by atoms with Gasteiger partial charge in [-0.25, -0.2) is 9.78 Å². The number of halogens is 6. The van der Waals surface area contributed by atoms with Gasteiger partial charge in [-0.15, -0.1) is 0 Å². The molecule has 7 nitrogen and oxygen atoms in total. The van der Waals surface area contributed by atoms with Crippen molar-refractivity contribution in [3.8, 4) is 0 Å². The molecule has 0 radical (unpaired) electrons. The highest BCUT2D eigenvalue weighted by Crippen LogP contribution is 2.34. The Labute approximate surface area is 232 Å². The van der Waals surface area contributed by atoms with Gasteiger partial charge in [0.2, 0.25) is 5.82 Å². The molecule has 1 aromatic heterocycles. The third-order valence-electron chi connectivity index (χ3n) is 7.36. The highest BCUT2D eigenvalue weighted by molar-refractivity contribution is 6.06. The molecule has 0 atom stereocenters. The van der Waals surface area contributed by atoms with E-state index in [0.717, 1.165) is 36.5 Å². The average Bonchev–Trinajstić information content (AvgIpc) is 3.13. The van der Waals surface area contributed by atoms with Gasteiger partial charge in [-0.1, -0.05) is 12.5 Å². The molecule has 1 saturated carbocycles. The standard InChI is InChI=1S/C26H29F3N4O.C2HF3O2/c1-16(2)33-23-9-7-19(15-22(23)31-25(33)26(27,28)29)24(34)30-20-8-6-17-10-12-32(21-4-3-5-21)13-11-18(17)14-20;3-2(4,5)1(6)7/h6-9,14-16,21H,3-5,10-13H2,1-2H3,(H,30,34);(H,6,7). The number of amides is 1. The summed E-state index contributed by atoms with van der Waals surface area (Å²) in [5, 5.41) is 10.0. The van der Waals surface area contributed by atoms with Crippen LogP contribution in [0.3, 0.4) is 0 Å². The first-order valence-corrected chi connectivity index (χ1v) is 13.2. The molecule has 1 aliphatic carbocycles. The van der Waals surface area contributed by atoms with Crippen LogP contribution < -0.4 is 5.32 Å². The topological polar surface area (TPSA) is 87.5 Å². The maximum atomic E-state index is 13.5. The Bertz CT molecular complexity index is 1430. The van der Waals surface area contributed by atoms with Crippen LogP contribution in [0.25, 0.3) is 11.0 Å². The molecular weight excluding hydrogens is 554 g/mol. The second kappa shape index (κ2) is 11.7. The number of carboxylic acids is 1. The molecule has 0 spiro atoms. The van der Waals surface area contributed by atoms with Crippen LogP contribution >= 0.6 is 0 Å². The van der Waals surface area contributed by atoms with E-state index in [-0.39, 0.29) is 17.0 Å². The molecule has 5 rings (SSSR count). The Morgan fingerprint density at radius 3 is 2.15 bits per heavy atom. The molecular formula is C28H30F6N4O3. The second-order valence-corrected chi connectivity index (χ2v) is 10.5. The smallest absolute Gasteiger partial charge is 0.475 e. The van der Waals surface area contributed by atoms with Crippen molar-refractivity contribution in [2.45, 2.75) is 70.4 Å². The summed E-state index contributed by atoms with van der Waals surface area (Å²) in [6.45, 7) is 5.47. The van der Waals surface area contributed by atoms with Gasteiger partial charge in [0.15, 0.2) is 0 Å². The number of nitrogens with zero attached hydrogens (tertiary/aromatic N) is 3. The van der Waals surface area contributed by atoms with Crippen molar-refractivity contribution < 1.29 is 41.0 Å². The quantitative estimate of drug-likeness (QED) is 0.343. The van der Waals surface area contributed by atoms with Gasteiger partial charge in [-0.05, 0) is 81.0 Å². The lowest BCUT2D eigenvalue weighted by atomic mass is 9.91. The van der Waals surface area contributed by atoms with E-state index in [2.05, 4.69) is 21.3 Å². The highest BCUT2D eigenvalue weighted by atomic mass is 19.4. The average molecular weight is 585 g/mol. The Morgan fingerprint density at radius 2 is 1.61 bits per heavy atom. The monoisotopic (exact) mass is 584 g/mol. The van der Waals surface area contributed by atoms with E-state index in [9.17, 15) is 31.1 Å². The van der Waals surface area contributed by atoms with Crippen molar-refractivity contribution in [1.29, 1.82) is 0 Å². The molecule has 0 saturated heterocycles. The molecule has 41 heavy (non-hydrogen) atoms. The fraction of sp³-hybridized carbons (Fsp3) is 0.464. The molecule has 1 amide bonds. The van der Waals surface area contributed by atoms with Crippen molar-refractivity contribution in [2.75, 3.05) is 18.4 Å². The van der Waals surface area contributed by atoms with E-state index in [0.29, 0.717) is 11.2 Å². The van der Waals surface area contributed by atoms with Crippen molar-refractivity contribution in [2.24, 2.45) is 0 Å². The molecule has 3 aromatic rings. The van der Waals surface area contributed by atoms with Crippen LogP contribution in [-0.2, 0) is 23.8 Å². The van der Waals surface area contributed by atoms with Gasteiger partial charge in [0.05, 0.1) is 11.0 Å². The number of rotatable bonds is 4. The third kappa shape index (κ3) is 7.00. The summed E-state index contributed by atoms with van der Waals surface area (Å²) in [5.74, 6) is -4.07. The van der Waals surface area contributed by atoms with Gasteiger partial charge in [0, 0.05) is 36.4 Å². The fourth-order valence-electron chi connectivity index (χ4n) is 5.10. The molecule has 1 aliphatic heterocycles. The SMILES string of the molecule is CC(C)n1c(C(F)(F)F)nc2cc(C(=O)Nc3ccc4c(c3)CCN(C3CCC3)CC4)ccc21.O=C(O)C(F)(F)F. The minimum Gasteiger partial charge on any atom is -0.475 e. The van der Waals surface area contributed by atoms with E-state index in [1.54, 1.807) is 26.0 Å². The number of carbonyl (C=O) groups excluding carboxylic acids is 1. The van der Waals surface area contributed by atoms with Crippen LogP contribution in [0.1, 0.15) is 66.5 Å². The summed E-state index contributed by atoms with van der Waals surface area (Å²) in [5.41, 5.74) is 4.07. The van der Waals surface area contributed by atoms with Crippen LogP contribution in [0.15, 0.2) is 36.4 Å². The maximum absolute atomic E-state index is 13.5. The number of hydrogen-bond acceptors (Lipinski definition) is 4. The molecule has 13 heteroatoms. The van der Waals surface area contributed by atoms with Gasteiger partial charge in [-0.2, -0.15) is 26.3 Å². The van der Waals surface area contributed by atoms with Gasteiger partial charge < -0.3 is 15.0 Å². The van der Waals surface area contributed by atoms with E-state index in [1.807, 2.05) is 12.1 Å². The molecule has 0 unspecified atom stereocenters.